The summed E-state index contributed by atoms with van der Waals surface area (Å²) in [6, 6.07) is 12.3. The number of aliphatic hydroxyl groups is 2. The van der Waals surface area contributed by atoms with Gasteiger partial charge in [0.05, 0.1) is 18.6 Å². The van der Waals surface area contributed by atoms with Gasteiger partial charge < -0.3 is 20.4 Å². The molecule has 0 saturated carbocycles. The lowest BCUT2D eigenvalue weighted by atomic mass is 9.95. The Morgan fingerprint density at radius 2 is 1.61 bits per heavy atom. The number of amides is 1. The number of carbonyl (C=O) groups is 1. The number of aryl methyl sites for hydroxylation is 1. The van der Waals surface area contributed by atoms with E-state index < -0.39 is 0 Å². The molecule has 2 aromatic rings. The van der Waals surface area contributed by atoms with Crippen molar-refractivity contribution < 1.29 is 19.6 Å². The van der Waals surface area contributed by atoms with Crippen LogP contribution in [0.1, 0.15) is 24.5 Å². The number of anilines is 1. The molecule has 0 atom stereocenters. The summed E-state index contributed by atoms with van der Waals surface area (Å²) in [5.41, 5.74) is 2.97. The number of hydrogen-bond acceptors (Lipinski definition) is 6. The third kappa shape index (κ3) is 7.78. The lowest BCUT2D eigenvalue weighted by Crippen LogP contribution is -2.42. The molecule has 8 heteroatoms. The smallest absolute Gasteiger partial charge is 0.227 e. The van der Waals surface area contributed by atoms with E-state index in [-0.39, 0.29) is 24.5 Å². The Balaban J connectivity index is 1.44. The minimum absolute atomic E-state index is 0.0577. The number of aliphatic hydroxyl groups excluding tert-OH is 2. The van der Waals surface area contributed by atoms with Crippen LogP contribution in [0.5, 0.6) is 0 Å². The van der Waals surface area contributed by atoms with Gasteiger partial charge in [-0.25, -0.2) is 4.57 Å². The van der Waals surface area contributed by atoms with E-state index in [1.807, 2.05) is 36.1 Å². The number of nitrogens with zero attached hydrogens (tertiary/aromatic N) is 2. The summed E-state index contributed by atoms with van der Waals surface area (Å²) in [6.07, 6.45) is 9.19. The first-order valence-corrected chi connectivity index (χ1v) is 13.8. The maximum Gasteiger partial charge on any atom is 0.227 e. The van der Waals surface area contributed by atoms with Crippen LogP contribution in [-0.2, 0) is 11.3 Å². The van der Waals surface area contributed by atoms with E-state index in [0.29, 0.717) is 19.6 Å². The summed E-state index contributed by atoms with van der Waals surface area (Å²) in [7, 11) is 3.56. The molecule has 0 spiro atoms. The monoisotopic (exact) mass is 488 g/mol. The maximum absolute atomic E-state index is 12.3. The van der Waals surface area contributed by atoms with Gasteiger partial charge in [-0.05, 0) is 30.2 Å². The van der Waals surface area contributed by atoms with Gasteiger partial charge in [-0.3, -0.25) is 4.79 Å². The van der Waals surface area contributed by atoms with Gasteiger partial charge in [0.15, 0.2) is 12.4 Å². The van der Waals surface area contributed by atoms with E-state index in [4.69, 9.17) is 0 Å². The molecule has 6 nitrogen and oxygen atoms in total. The van der Waals surface area contributed by atoms with Crippen molar-refractivity contribution in [2.45, 2.75) is 19.9 Å². The second-order valence-electron chi connectivity index (χ2n) is 8.42. The predicted molar refractivity (Wildman–Crippen MR) is 139 cm³/mol. The molecule has 1 saturated heterocycles. The molecule has 33 heavy (non-hydrogen) atoms. The summed E-state index contributed by atoms with van der Waals surface area (Å²) >= 11 is 0. The molecule has 1 aromatic heterocycles. The fourth-order valence-corrected chi connectivity index (χ4v) is 6.87. The van der Waals surface area contributed by atoms with Gasteiger partial charge in [-0.1, -0.05) is 45.9 Å². The normalized spacial score (nSPS) is 15.1. The number of nitrogens with one attached hydrogen (secondary N) is 1. The Bertz CT molecular complexity index is 892. The molecule has 178 valence electrons. The van der Waals surface area contributed by atoms with Crippen LogP contribution in [0.15, 0.2) is 48.8 Å². The van der Waals surface area contributed by atoms with Crippen LogP contribution in [0, 0.1) is 5.41 Å². The summed E-state index contributed by atoms with van der Waals surface area (Å²) in [6.45, 7) is 4.73. The fourth-order valence-electron chi connectivity index (χ4n) is 3.52. The van der Waals surface area contributed by atoms with Crippen LogP contribution < -0.4 is 14.8 Å². The van der Waals surface area contributed by atoms with E-state index in [9.17, 15) is 15.0 Å². The number of carbonyl (C=O) groups excluding carboxylic acids is 1. The zero-order valence-electron chi connectivity index (χ0n) is 19.2. The Labute approximate surface area is 204 Å². The molecule has 1 aromatic carbocycles. The topological polar surface area (TPSA) is 76.7 Å². The first-order valence-electron chi connectivity index (χ1n) is 11.3. The van der Waals surface area contributed by atoms with Gasteiger partial charge in [0.2, 0.25) is 5.91 Å². The number of pyridine rings is 1. The van der Waals surface area contributed by atoms with Gasteiger partial charge in [-0.15, -0.1) is 0 Å². The van der Waals surface area contributed by atoms with Gasteiger partial charge in [0, 0.05) is 55.4 Å². The predicted octanol–water partition coefficient (Wildman–Crippen LogP) is 2.84. The third-order valence-electron chi connectivity index (χ3n) is 5.65. The molecular formula is C25H34N3O3S2+. The van der Waals surface area contributed by atoms with Crippen molar-refractivity contribution in [2.75, 3.05) is 49.3 Å². The molecule has 0 unspecified atom stereocenters. The third-order valence-corrected chi connectivity index (χ3v) is 8.53. The Morgan fingerprint density at radius 3 is 2.18 bits per heavy atom. The van der Waals surface area contributed by atoms with E-state index in [2.05, 4.69) is 46.6 Å². The van der Waals surface area contributed by atoms with E-state index in [0.717, 1.165) is 41.3 Å². The second kappa shape index (κ2) is 13.0. The average molecular weight is 489 g/mol. The van der Waals surface area contributed by atoms with Crippen LogP contribution in [0.4, 0.5) is 5.69 Å². The first-order chi connectivity index (χ1) is 16.0. The number of hydrogen-bond donors (Lipinski definition) is 3. The fraction of sp³-hybridized carbons (Fsp3) is 0.440. The molecule has 1 aliphatic heterocycles. The minimum Gasteiger partial charge on any atom is -0.395 e. The van der Waals surface area contributed by atoms with Crippen molar-refractivity contribution in [3.8, 4) is 0 Å². The van der Waals surface area contributed by atoms with Gasteiger partial charge in [-0.2, -0.15) is 0 Å². The van der Waals surface area contributed by atoms with Crippen molar-refractivity contribution in [1.82, 2.24) is 5.32 Å². The highest BCUT2D eigenvalue weighted by atomic mass is 33.1. The second-order valence-corrected chi connectivity index (χ2v) is 10.9. The SMILES string of the molecule is CC1(C(=O)NCCC[n+]2ccc(/C=C/c3ccc(N(CCO)CCO)cc3)cc2)CSSC1. The lowest BCUT2D eigenvalue weighted by Gasteiger charge is -2.22. The molecular weight excluding hydrogens is 454 g/mol. The van der Waals surface area contributed by atoms with Crippen LogP contribution >= 0.6 is 21.6 Å². The molecule has 0 bridgehead atoms. The van der Waals surface area contributed by atoms with Crippen molar-refractivity contribution in [3.63, 3.8) is 0 Å². The average Bonchev–Trinajstić information content (AvgIpc) is 3.29. The standard InChI is InChI=1S/C25H33N3O3S2/c1-25(19-32-33-20-25)24(31)26-11-2-12-27-13-9-22(10-14-27)4-3-21-5-7-23(8-6-21)28(15-17-29)16-18-30/h3-10,13-14,29-30H,2,11-12,15-20H2,1H3/p+1. The Kier molecular flexibility index (Phi) is 10.1. The molecule has 1 amide bonds. The zero-order chi connectivity index (χ0) is 23.5. The van der Waals surface area contributed by atoms with Crippen LogP contribution in [-0.4, -0.2) is 60.5 Å². The van der Waals surface area contributed by atoms with E-state index in [1.54, 1.807) is 21.6 Å². The van der Waals surface area contributed by atoms with Crippen LogP contribution in [0.3, 0.4) is 0 Å². The molecule has 3 N–H and O–H groups in total. The van der Waals surface area contributed by atoms with Crippen molar-refractivity contribution >= 4 is 45.3 Å². The van der Waals surface area contributed by atoms with Crippen LogP contribution in [0.2, 0.25) is 0 Å². The van der Waals surface area contributed by atoms with Crippen molar-refractivity contribution in [3.05, 3.63) is 59.9 Å². The number of rotatable bonds is 12. The highest BCUT2D eigenvalue weighted by molar-refractivity contribution is 8.77. The summed E-state index contributed by atoms with van der Waals surface area (Å²) in [5.74, 6) is 1.96. The summed E-state index contributed by atoms with van der Waals surface area (Å²) < 4.78 is 2.14. The van der Waals surface area contributed by atoms with Crippen molar-refractivity contribution in [1.29, 1.82) is 0 Å². The zero-order valence-corrected chi connectivity index (χ0v) is 20.8. The molecule has 2 heterocycles. The first kappa shape index (κ1) is 25.6. The van der Waals surface area contributed by atoms with Gasteiger partial charge in [0.1, 0.15) is 6.54 Å². The summed E-state index contributed by atoms with van der Waals surface area (Å²) in [5, 5.41) is 21.5. The minimum atomic E-state index is -0.227. The largest absolute Gasteiger partial charge is 0.395 e. The van der Waals surface area contributed by atoms with Crippen molar-refractivity contribution in [2.24, 2.45) is 5.41 Å². The van der Waals surface area contributed by atoms with E-state index in [1.165, 1.54) is 0 Å². The van der Waals surface area contributed by atoms with Gasteiger partial charge in [0.25, 0.3) is 0 Å². The van der Waals surface area contributed by atoms with Crippen LogP contribution in [0.25, 0.3) is 12.2 Å². The quantitative estimate of drug-likeness (QED) is 0.242. The Morgan fingerprint density at radius 1 is 1.03 bits per heavy atom. The summed E-state index contributed by atoms with van der Waals surface area (Å²) in [4.78, 5) is 14.3. The number of benzene rings is 1. The molecule has 0 aliphatic carbocycles. The van der Waals surface area contributed by atoms with Gasteiger partial charge >= 0.3 is 0 Å². The Hall–Kier alpha value is -2.00. The molecule has 1 aliphatic rings. The highest BCUT2D eigenvalue weighted by Crippen LogP contribution is 2.42. The molecule has 3 rings (SSSR count). The molecule has 1 fully saturated rings. The van der Waals surface area contributed by atoms with E-state index >= 15 is 0 Å². The number of aromatic nitrogens is 1. The highest BCUT2D eigenvalue weighted by Gasteiger charge is 2.37. The molecule has 0 radical (unpaired) electrons. The lowest BCUT2D eigenvalue weighted by molar-refractivity contribution is -0.697. The maximum atomic E-state index is 12.3.